The number of carbonyl (C=O) groups is 1. The Morgan fingerprint density at radius 2 is 2.19 bits per heavy atom. The van der Waals surface area contributed by atoms with Crippen LogP contribution in [0.3, 0.4) is 0 Å². The molecule has 1 aromatic carbocycles. The normalized spacial score (nSPS) is 19.0. The second kappa shape index (κ2) is 7.38. The SMILES string of the molecule is COCC1(C(=O)NC(C)c2cccc(Br)c2)CCNCC1. The number of hydrogen-bond donors (Lipinski definition) is 2. The van der Waals surface area contributed by atoms with Crippen LogP contribution in [0.2, 0.25) is 0 Å². The van der Waals surface area contributed by atoms with Crippen LogP contribution in [0.5, 0.6) is 0 Å². The summed E-state index contributed by atoms with van der Waals surface area (Å²) in [7, 11) is 1.66. The highest BCUT2D eigenvalue weighted by Crippen LogP contribution is 2.30. The zero-order valence-electron chi connectivity index (χ0n) is 12.6. The Labute approximate surface area is 134 Å². The van der Waals surface area contributed by atoms with Crippen LogP contribution < -0.4 is 10.6 Å². The number of nitrogens with one attached hydrogen (secondary N) is 2. The summed E-state index contributed by atoms with van der Waals surface area (Å²) in [5.41, 5.74) is 0.694. The van der Waals surface area contributed by atoms with Gasteiger partial charge in [-0.2, -0.15) is 0 Å². The predicted octanol–water partition coefficient (Wildman–Crippen LogP) is 2.64. The van der Waals surface area contributed by atoms with E-state index in [0.717, 1.165) is 36.0 Å². The van der Waals surface area contributed by atoms with Crippen molar-refractivity contribution in [1.29, 1.82) is 0 Å². The molecule has 21 heavy (non-hydrogen) atoms. The summed E-state index contributed by atoms with van der Waals surface area (Å²) in [5.74, 6) is 0.0957. The van der Waals surface area contributed by atoms with E-state index in [9.17, 15) is 4.79 Å². The third-order valence-corrected chi connectivity index (χ3v) is 4.65. The summed E-state index contributed by atoms with van der Waals surface area (Å²) < 4.78 is 6.34. The maximum atomic E-state index is 12.7. The molecule has 1 saturated heterocycles. The van der Waals surface area contributed by atoms with Crippen molar-refractivity contribution in [2.24, 2.45) is 5.41 Å². The minimum Gasteiger partial charge on any atom is -0.384 e. The van der Waals surface area contributed by atoms with Gasteiger partial charge in [0.15, 0.2) is 0 Å². The van der Waals surface area contributed by atoms with E-state index in [0.29, 0.717) is 6.61 Å². The number of rotatable bonds is 5. The molecule has 0 aromatic heterocycles. The van der Waals surface area contributed by atoms with Crippen molar-refractivity contribution < 1.29 is 9.53 Å². The van der Waals surface area contributed by atoms with Crippen molar-refractivity contribution >= 4 is 21.8 Å². The van der Waals surface area contributed by atoms with Crippen LogP contribution in [-0.4, -0.2) is 32.7 Å². The monoisotopic (exact) mass is 354 g/mol. The van der Waals surface area contributed by atoms with Gasteiger partial charge in [0, 0.05) is 11.6 Å². The van der Waals surface area contributed by atoms with Gasteiger partial charge in [-0.3, -0.25) is 4.79 Å². The molecule has 1 aliphatic heterocycles. The first-order chi connectivity index (χ1) is 10.1. The number of halogens is 1. The van der Waals surface area contributed by atoms with Crippen LogP contribution in [0.15, 0.2) is 28.7 Å². The Hall–Kier alpha value is -0.910. The highest BCUT2D eigenvalue weighted by molar-refractivity contribution is 9.10. The molecule has 0 aliphatic carbocycles. The first-order valence-corrected chi connectivity index (χ1v) is 8.13. The molecule has 1 aliphatic rings. The summed E-state index contributed by atoms with van der Waals surface area (Å²) in [5, 5.41) is 6.45. The van der Waals surface area contributed by atoms with Gasteiger partial charge in [-0.25, -0.2) is 0 Å². The van der Waals surface area contributed by atoms with E-state index in [2.05, 4.69) is 26.6 Å². The Morgan fingerprint density at radius 1 is 1.48 bits per heavy atom. The summed E-state index contributed by atoms with van der Waals surface area (Å²) in [4.78, 5) is 12.7. The molecule has 4 nitrogen and oxygen atoms in total. The van der Waals surface area contributed by atoms with Crippen molar-refractivity contribution in [1.82, 2.24) is 10.6 Å². The molecule has 0 saturated carbocycles. The Balaban J connectivity index is 2.07. The molecular weight excluding hydrogens is 332 g/mol. The van der Waals surface area contributed by atoms with Crippen LogP contribution in [-0.2, 0) is 9.53 Å². The second-order valence-electron chi connectivity index (χ2n) is 5.71. The molecule has 116 valence electrons. The fourth-order valence-electron chi connectivity index (χ4n) is 2.83. The van der Waals surface area contributed by atoms with Crippen molar-refractivity contribution in [2.75, 3.05) is 26.8 Å². The maximum Gasteiger partial charge on any atom is 0.229 e. The Kier molecular flexibility index (Phi) is 5.79. The van der Waals surface area contributed by atoms with Gasteiger partial charge in [-0.15, -0.1) is 0 Å². The smallest absolute Gasteiger partial charge is 0.229 e. The molecule has 1 fully saturated rings. The van der Waals surface area contributed by atoms with Gasteiger partial charge in [0.05, 0.1) is 18.1 Å². The molecule has 2 N–H and O–H groups in total. The fraction of sp³-hybridized carbons (Fsp3) is 0.562. The summed E-state index contributed by atoms with van der Waals surface area (Å²) >= 11 is 3.47. The lowest BCUT2D eigenvalue weighted by atomic mass is 9.78. The van der Waals surface area contributed by atoms with Gasteiger partial charge in [0.1, 0.15) is 0 Å². The number of ether oxygens (including phenoxy) is 1. The minimum atomic E-state index is -0.403. The van der Waals surface area contributed by atoms with Gasteiger partial charge in [0.25, 0.3) is 0 Å². The number of carbonyl (C=O) groups excluding carboxylic acids is 1. The van der Waals surface area contributed by atoms with E-state index in [1.807, 2.05) is 31.2 Å². The second-order valence-corrected chi connectivity index (χ2v) is 6.63. The topological polar surface area (TPSA) is 50.4 Å². The number of methoxy groups -OCH3 is 1. The van der Waals surface area contributed by atoms with Crippen LogP contribution in [0.1, 0.15) is 31.4 Å². The molecule has 1 unspecified atom stereocenters. The highest BCUT2D eigenvalue weighted by atomic mass is 79.9. The molecule has 5 heteroatoms. The van der Waals surface area contributed by atoms with Crippen LogP contribution in [0, 0.1) is 5.41 Å². The van der Waals surface area contributed by atoms with Gasteiger partial charge >= 0.3 is 0 Å². The van der Waals surface area contributed by atoms with Gasteiger partial charge in [0.2, 0.25) is 5.91 Å². The van der Waals surface area contributed by atoms with E-state index >= 15 is 0 Å². The lowest BCUT2D eigenvalue weighted by Crippen LogP contribution is -2.50. The highest BCUT2D eigenvalue weighted by Gasteiger charge is 2.40. The average Bonchev–Trinajstić information content (AvgIpc) is 2.48. The number of amides is 1. The number of hydrogen-bond acceptors (Lipinski definition) is 3. The Morgan fingerprint density at radius 3 is 2.81 bits per heavy atom. The first-order valence-electron chi connectivity index (χ1n) is 7.33. The molecule has 0 radical (unpaired) electrons. The molecule has 0 spiro atoms. The summed E-state index contributed by atoms with van der Waals surface area (Å²) in [6.07, 6.45) is 1.63. The van der Waals surface area contributed by atoms with Crippen LogP contribution >= 0.6 is 15.9 Å². The van der Waals surface area contributed by atoms with E-state index < -0.39 is 5.41 Å². The average molecular weight is 355 g/mol. The van der Waals surface area contributed by atoms with Gasteiger partial charge < -0.3 is 15.4 Å². The lowest BCUT2D eigenvalue weighted by Gasteiger charge is -2.36. The lowest BCUT2D eigenvalue weighted by molar-refractivity contribution is -0.136. The van der Waals surface area contributed by atoms with Crippen molar-refractivity contribution in [3.63, 3.8) is 0 Å². The van der Waals surface area contributed by atoms with Crippen LogP contribution in [0.25, 0.3) is 0 Å². The quantitative estimate of drug-likeness (QED) is 0.854. The Bertz CT molecular complexity index is 481. The molecule has 0 bridgehead atoms. The molecule has 1 aromatic rings. The number of benzene rings is 1. The molecule has 2 rings (SSSR count). The fourth-order valence-corrected chi connectivity index (χ4v) is 3.24. The van der Waals surface area contributed by atoms with Crippen molar-refractivity contribution in [3.8, 4) is 0 Å². The van der Waals surface area contributed by atoms with Gasteiger partial charge in [-0.1, -0.05) is 28.1 Å². The van der Waals surface area contributed by atoms with Crippen molar-refractivity contribution in [3.05, 3.63) is 34.3 Å². The molecular formula is C16H23BrN2O2. The van der Waals surface area contributed by atoms with E-state index in [-0.39, 0.29) is 11.9 Å². The molecule has 1 atom stereocenters. The zero-order chi connectivity index (χ0) is 15.3. The van der Waals surface area contributed by atoms with Gasteiger partial charge in [-0.05, 0) is 50.6 Å². The predicted molar refractivity (Wildman–Crippen MR) is 87.1 cm³/mol. The third kappa shape index (κ3) is 4.05. The minimum absolute atomic E-state index is 0.0152. The maximum absolute atomic E-state index is 12.7. The molecule has 1 heterocycles. The zero-order valence-corrected chi connectivity index (χ0v) is 14.2. The number of piperidine rings is 1. The summed E-state index contributed by atoms with van der Waals surface area (Å²) in [6.45, 7) is 4.22. The van der Waals surface area contributed by atoms with E-state index in [1.54, 1.807) is 7.11 Å². The van der Waals surface area contributed by atoms with Crippen molar-refractivity contribution in [2.45, 2.75) is 25.8 Å². The van der Waals surface area contributed by atoms with Crippen LogP contribution in [0.4, 0.5) is 0 Å². The summed E-state index contributed by atoms with van der Waals surface area (Å²) in [6, 6.07) is 8.02. The largest absolute Gasteiger partial charge is 0.384 e. The van der Waals surface area contributed by atoms with E-state index in [4.69, 9.17) is 4.74 Å². The van der Waals surface area contributed by atoms with E-state index in [1.165, 1.54) is 0 Å². The standard InChI is InChI=1S/C16H23BrN2O2/c1-12(13-4-3-5-14(17)10-13)19-15(20)16(11-21-2)6-8-18-9-7-16/h3-5,10,12,18H,6-9,11H2,1-2H3,(H,19,20). The molecule has 1 amide bonds. The third-order valence-electron chi connectivity index (χ3n) is 4.16. The first kappa shape index (κ1) is 16.5.